The molecule has 1 heterocycles. The summed E-state index contributed by atoms with van der Waals surface area (Å²) in [6, 6.07) is 0. The van der Waals surface area contributed by atoms with Crippen LogP contribution in [0.4, 0.5) is 11.5 Å². The highest BCUT2D eigenvalue weighted by Gasteiger charge is 2.32. The summed E-state index contributed by atoms with van der Waals surface area (Å²) in [5.41, 5.74) is -0.214. The lowest BCUT2D eigenvalue weighted by molar-refractivity contribution is -0.385. The Morgan fingerprint density at radius 1 is 1.50 bits per heavy atom. The van der Waals surface area contributed by atoms with Crippen LogP contribution in [-0.4, -0.2) is 29.0 Å². The topological polar surface area (TPSA) is 90.2 Å². The number of hydrogen-bond donors (Lipinski definition) is 1. The smallest absolute Gasteiger partial charge is 0.372 e. The van der Waals surface area contributed by atoms with Crippen LogP contribution in [0.15, 0.2) is 0 Å². The number of anilines is 1. The van der Waals surface area contributed by atoms with Crippen LogP contribution in [0.2, 0.25) is 0 Å². The molecule has 0 aliphatic heterocycles. The van der Waals surface area contributed by atoms with Crippen molar-refractivity contribution in [1.82, 2.24) is 9.97 Å². The van der Waals surface area contributed by atoms with Gasteiger partial charge in [-0.1, -0.05) is 0 Å². The molecule has 16 heavy (non-hydrogen) atoms. The molecule has 1 fully saturated rings. The minimum absolute atomic E-state index is 0.0197. The molecule has 2 rings (SSSR count). The monoisotopic (exact) mass is 224 g/mol. The molecule has 1 N–H and O–H groups in total. The van der Waals surface area contributed by atoms with Crippen molar-refractivity contribution in [3.8, 4) is 5.88 Å². The van der Waals surface area contributed by atoms with E-state index < -0.39 is 4.92 Å². The summed E-state index contributed by atoms with van der Waals surface area (Å²) in [6.07, 6.45) is 2.06. The van der Waals surface area contributed by atoms with Gasteiger partial charge < -0.3 is 10.1 Å². The molecular weight excluding hydrogens is 212 g/mol. The maximum Gasteiger partial charge on any atom is 0.372 e. The van der Waals surface area contributed by atoms with Gasteiger partial charge in [-0.3, -0.25) is 10.1 Å². The molecule has 0 aromatic carbocycles. The lowest BCUT2D eigenvalue weighted by atomic mass is 10.3. The van der Waals surface area contributed by atoms with E-state index in [1.54, 1.807) is 7.05 Å². The van der Waals surface area contributed by atoms with Crippen molar-refractivity contribution in [2.45, 2.75) is 18.8 Å². The Balaban J connectivity index is 2.53. The molecular formula is C9H12N4O3. The van der Waals surface area contributed by atoms with Gasteiger partial charge in [0.2, 0.25) is 5.82 Å². The first kappa shape index (κ1) is 10.6. The van der Waals surface area contributed by atoms with Crippen LogP contribution in [0.25, 0.3) is 0 Å². The molecule has 0 unspecified atom stereocenters. The van der Waals surface area contributed by atoms with E-state index in [-0.39, 0.29) is 17.4 Å². The van der Waals surface area contributed by atoms with Crippen molar-refractivity contribution in [2.75, 3.05) is 19.5 Å². The van der Waals surface area contributed by atoms with Crippen LogP contribution in [0, 0.1) is 10.1 Å². The van der Waals surface area contributed by atoms with Crippen LogP contribution >= 0.6 is 0 Å². The standard InChI is InChI=1S/C9H12N4O3/c1-10-8-6(13(14)15)9(16-2)12-7(11-8)5-3-4-5/h5H,3-4H2,1-2H3,(H,10,11,12). The van der Waals surface area contributed by atoms with Crippen molar-refractivity contribution in [3.05, 3.63) is 15.9 Å². The van der Waals surface area contributed by atoms with E-state index in [4.69, 9.17) is 4.74 Å². The molecule has 0 spiro atoms. The SMILES string of the molecule is CNc1nc(C2CC2)nc(OC)c1[N+](=O)[O-]. The van der Waals surface area contributed by atoms with Gasteiger partial charge in [0.15, 0.2) is 0 Å². The highest BCUT2D eigenvalue weighted by atomic mass is 16.6. The molecule has 1 aliphatic rings. The first-order chi connectivity index (χ1) is 7.67. The maximum atomic E-state index is 10.9. The number of nitro groups is 1. The highest BCUT2D eigenvalue weighted by molar-refractivity contribution is 5.61. The number of ether oxygens (including phenoxy) is 1. The zero-order valence-electron chi connectivity index (χ0n) is 9.06. The molecule has 1 aromatic rings. The fourth-order valence-electron chi connectivity index (χ4n) is 1.46. The lowest BCUT2D eigenvalue weighted by Crippen LogP contribution is -2.06. The number of nitrogens with one attached hydrogen (secondary N) is 1. The van der Waals surface area contributed by atoms with Gasteiger partial charge in [0.05, 0.1) is 12.0 Å². The Kier molecular flexibility index (Phi) is 2.59. The van der Waals surface area contributed by atoms with Crippen LogP contribution in [0.1, 0.15) is 24.6 Å². The zero-order chi connectivity index (χ0) is 11.7. The third kappa shape index (κ3) is 1.75. The van der Waals surface area contributed by atoms with Crippen molar-refractivity contribution >= 4 is 11.5 Å². The molecule has 86 valence electrons. The third-order valence-corrected chi connectivity index (χ3v) is 2.42. The Hall–Kier alpha value is -1.92. The fraction of sp³-hybridized carbons (Fsp3) is 0.556. The average Bonchev–Trinajstić information content (AvgIpc) is 3.10. The summed E-state index contributed by atoms with van der Waals surface area (Å²) >= 11 is 0. The molecule has 0 amide bonds. The van der Waals surface area contributed by atoms with E-state index in [0.29, 0.717) is 11.7 Å². The number of nitrogens with zero attached hydrogens (tertiary/aromatic N) is 3. The summed E-state index contributed by atoms with van der Waals surface area (Å²) in [6.45, 7) is 0. The molecule has 0 bridgehead atoms. The van der Waals surface area contributed by atoms with Gasteiger partial charge in [0.25, 0.3) is 5.88 Å². The van der Waals surface area contributed by atoms with Crippen molar-refractivity contribution in [3.63, 3.8) is 0 Å². The molecule has 1 aliphatic carbocycles. The first-order valence-electron chi connectivity index (χ1n) is 4.95. The molecule has 0 saturated heterocycles. The van der Waals surface area contributed by atoms with Crippen LogP contribution in [0.3, 0.4) is 0 Å². The van der Waals surface area contributed by atoms with Gasteiger partial charge >= 0.3 is 5.69 Å². The number of aromatic nitrogens is 2. The fourth-order valence-corrected chi connectivity index (χ4v) is 1.46. The van der Waals surface area contributed by atoms with Crippen molar-refractivity contribution in [1.29, 1.82) is 0 Å². The van der Waals surface area contributed by atoms with Crippen LogP contribution in [0.5, 0.6) is 5.88 Å². The van der Waals surface area contributed by atoms with Gasteiger partial charge in [-0.15, -0.1) is 0 Å². The summed E-state index contributed by atoms with van der Waals surface area (Å²) in [7, 11) is 2.96. The number of hydrogen-bond acceptors (Lipinski definition) is 6. The predicted molar refractivity (Wildman–Crippen MR) is 56.8 cm³/mol. The average molecular weight is 224 g/mol. The molecule has 7 nitrogen and oxygen atoms in total. The second kappa shape index (κ2) is 3.92. The Labute approximate surface area is 92.0 Å². The van der Waals surface area contributed by atoms with E-state index in [1.807, 2.05) is 0 Å². The molecule has 1 aromatic heterocycles. The maximum absolute atomic E-state index is 10.9. The summed E-state index contributed by atoms with van der Waals surface area (Å²) in [4.78, 5) is 18.5. The van der Waals surface area contributed by atoms with Crippen molar-refractivity contribution < 1.29 is 9.66 Å². The molecule has 7 heteroatoms. The Morgan fingerprint density at radius 3 is 2.62 bits per heavy atom. The van der Waals surface area contributed by atoms with E-state index >= 15 is 0 Å². The number of rotatable bonds is 4. The normalized spacial score (nSPS) is 14.6. The summed E-state index contributed by atoms with van der Waals surface area (Å²) < 4.78 is 4.93. The Bertz CT molecular complexity index is 406. The van der Waals surface area contributed by atoms with Gasteiger partial charge in [-0.25, -0.2) is 4.98 Å². The van der Waals surface area contributed by atoms with Gasteiger partial charge in [0.1, 0.15) is 5.82 Å². The van der Waals surface area contributed by atoms with Crippen LogP contribution in [-0.2, 0) is 0 Å². The third-order valence-electron chi connectivity index (χ3n) is 2.42. The Morgan fingerprint density at radius 2 is 2.19 bits per heavy atom. The molecule has 0 atom stereocenters. The van der Waals surface area contributed by atoms with E-state index in [0.717, 1.165) is 12.8 Å². The minimum Gasteiger partial charge on any atom is -0.476 e. The second-order valence-electron chi connectivity index (χ2n) is 3.57. The second-order valence-corrected chi connectivity index (χ2v) is 3.57. The molecule has 0 radical (unpaired) electrons. The minimum atomic E-state index is -0.540. The lowest BCUT2D eigenvalue weighted by Gasteiger charge is -2.07. The highest BCUT2D eigenvalue weighted by Crippen LogP contribution is 2.41. The predicted octanol–water partition coefficient (Wildman–Crippen LogP) is 1.31. The zero-order valence-corrected chi connectivity index (χ0v) is 9.06. The largest absolute Gasteiger partial charge is 0.476 e. The van der Waals surface area contributed by atoms with Gasteiger partial charge in [-0.2, -0.15) is 4.98 Å². The van der Waals surface area contributed by atoms with Gasteiger partial charge in [0, 0.05) is 13.0 Å². The van der Waals surface area contributed by atoms with Gasteiger partial charge in [-0.05, 0) is 12.8 Å². The quantitative estimate of drug-likeness (QED) is 0.612. The molecule has 1 saturated carbocycles. The van der Waals surface area contributed by atoms with Crippen LogP contribution < -0.4 is 10.1 Å². The van der Waals surface area contributed by atoms with E-state index in [9.17, 15) is 10.1 Å². The summed E-state index contributed by atoms with van der Waals surface area (Å²) in [5.74, 6) is 1.17. The van der Waals surface area contributed by atoms with E-state index in [1.165, 1.54) is 7.11 Å². The first-order valence-corrected chi connectivity index (χ1v) is 4.95. The van der Waals surface area contributed by atoms with E-state index in [2.05, 4.69) is 15.3 Å². The number of methoxy groups -OCH3 is 1. The van der Waals surface area contributed by atoms with Crippen molar-refractivity contribution in [2.24, 2.45) is 0 Å². The summed E-state index contributed by atoms with van der Waals surface area (Å²) in [5, 5.41) is 13.6.